The first kappa shape index (κ1) is 6.45. The van der Waals surface area contributed by atoms with Crippen LogP contribution in [0.15, 0.2) is 5.57 Å². The van der Waals surface area contributed by atoms with Crippen LogP contribution >= 0.6 is 0 Å². The van der Waals surface area contributed by atoms with E-state index in [1.165, 1.54) is 44.9 Å². The summed E-state index contributed by atoms with van der Waals surface area (Å²) in [6.45, 7) is 0. The van der Waals surface area contributed by atoms with E-state index in [2.05, 4.69) is 6.08 Å². The van der Waals surface area contributed by atoms with Crippen molar-refractivity contribution in [3.63, 3.8) is 0 Å². The third-order valence-corrected chi connectivity index (χ3v) is 2.73. The molecule has 10 heavy (non-hydrogen) atoms. The van der Waals surface area contributed by atoms with Gasteiger partial charge in [0.1, 0.15) is 0 Å². The zero-order valence-electron chi connectivity index (χ0n) is 6.53. The van der Waals surface area contributed by atoms with E-state index in [1.807, 2.05) is 0 Å². The number of allylic oxidation sites excluding steroid dienone is 2. The zero-order valence-corrected chi connectivity index (χ0v) is 6.53. The normalized spacial score (nSPS) is 27.4. The fourth-order valence-corrected chi connectivity index (χ4v) is 1.97. The smallest absolute Gasteiger partial charge is 0.00557 e. The molecule has 2 aliphatic carbocycles. The van der Waals surface area contributed by atoms with Crippen LogP contribution in [0.2, 0.25) is 0 Å². The highest BCUT2D eigenvalue weighted by Gasteiger charge is 2.21. The quantitative estimate of drug-likeness (QED) is 0.485. The Hall–Kier alpha value is -0.260. The van der Waals surface area contributed by atoms with Crippen molar-refractivity contribution in [3.8, 4) is 0 Å². The summed E-state index contributed by atoms with van der Waals surface area (Å²) in [5, 5.41) is 0. The largest absolute Gasteiger partial charge is 0.0589 e. The van der Waals surface area contributed by atoms with Gasteiger partial charge in [-0.3, -0.25) is 0 Å². The Morgan fingerprint density at radius 2 is 1.60 bits per heavy atom. The Balaban J connectivity index is 1.87. The lowest BCUT2D eigenvalue weighted by Crippen LogP contribution is -1.94. The van der Waals surface area contributed by atoms with Gasteiger partial charge in [-0.1, -0.05) is 31.3 Å². The van der Waals surface area contributed by atoms with Crippen LogP contribution in [0.5, 0.6) is 0 Å². The highest BCUT2D eigenvalue weighted by molar-refractivity contribution is 5.18. The molecular weight excluding hydrogens is 120 g/mol. The molecule has 0 heteroatoms. The molecule has 0 aromatic rings. The highest BCUT2D eigenvalue weighted by atomic mass is 14.3. The highest BCUT2D eigenvalue weighted by Crippen LogP contribution is 2.36. The molecule has 0 saturated heterocycles. The Labute approximate surface area is 63.3 Å². The van der Waals surface area contributed by atoms with Gasteiger partial charge in [-0.25, -0.2) is 0 Å². The molecule has 2 aliphatic rings. The van der Waals surface area contributed by atoms with Crippen molar-refractivity contribution in [1.29, 1.82) is 0 Å². The molecule has 1 radical (unpaired) electrons. The lowest BCUT2D eigenvalue weighted by Gasteiger charge is -2.07. The Bertz CT molecular complexity index is 136. The minimum Gasteiger partial charge on any atom is -0.0589 e. The van der Waals surface area contributed by atoms with Gasteiger partial charge in [-0.15, -0.1) is 0 Å². The summed E-state index contributed by atoms with van der Waals surface area (Å²) in [7, 11) is 0. The van der Waals surface area contributed by atoms with Crippen molar-refractivity contribution in [2.45, 2.75) is 44.9 Å². The molecule has 55 valence electrons. The fraction of sp³-hybridized carbons (Fsp3) is 0.800. The first-order chi connectivity index (χ1) is 4.97. The van der Waals surface area contributed by atoms with Crippen molar-refractivity contribution in [2.75, 3.05) is 0 Å². The molecule has 0 atom stereocenters. The molecule has 2 rings (SSSR count). The first-order valence-electron chi connectivity index (χ1n) is 4.56. The van der Waals surface area contributed by atoms with E-state index in [-0.39, 0.29) is 0 Å². The minimum absolute atomic E-state index is 0.961. The molecule has 0 N–H and O–H groups in total. The van der Waals surface area contributed by atoms with Gasteiger partial charge in [0.05, 0.1) is 0 Å². The van der Waals surface area contributed by atoms with Gasteiger partial charge in [0, 0.05) is 0 Å². The van der Waals surface area contributed by atoms with Gasteiger partial charge in [-0.05, 0) is 31.3 Å². The van der Waals surface area contributed by atoms with Gasteiger partial charge >= 0.3 is 0 Å². The lowest BCUT2D eigenvalue weighted by atomic mass is 9.97. The molecule has 0 nitrogen and oxygen atoms in total. The summed E-state index contributed by atoms with van der Waals surface area (Å²) in [6.07, 6.45) is 13.4. The van der Waals surface area contributed by atoms with Gasteiger partial charge in [0.2, 0.25) is 0 Å². The van der Waals surface area contributed by atoms with E-state index >= 15 is 0 Å². The first-order valence-corrected chi connectivity index (χ1v) is 4.56. The average molecular weight is 135 g/mol. The third-order valence-electron chi connectivity index (χ3n) is 2.73. The van der Waals surface area contributed by atoms with Gasteiger partial charge in [-0.2, -0.15) is 0 Å². The van der Waals surface area contributed by atoms with Crippen LogP contribution in [0.25, 0.3) is 0 Å². The topological polar surface area (TPSA) is 0 Å². The summed E-state index contributed by atoms with van der Waals surface area (Å²) in [5.41, 5.74) is 1.65. The van der Waals surface area contributed by atoms with Crippen molar-refractivity contribution in [2.24, 2.45) is 5.92 Å². The molecule has 0 amide bonds. The lowest BCUT2D eigenvalue weighted by molar-refractivity contribution is 0.541. The van der Waals surface area contributed by atoms with Crippen LogP contribution in [-0.4, -0.2) is 0 Å². The van der Waals surface area contributed by atoms with E-state index in [0.29, 0.717) is 0 Å². The maximum atomic E-state index is 3.35. The van der Waals surface area contributed by atoms with Crippen molar-refractivity contribution < 1.29 is 0 Å². The summed E-state index contributed by atoms with van der Waals surface area (Å²) in [6, 6.07) is 0. The van der Waals surface area contributed by atoms with Crippen molar-refractivity contribution in [3.05, 3.63) is 11.6 Å². The van der Waals surface area contributed by atoms with Crippen LogP contribution in [0, 0.1) is 12.0 Å². The van der Waals surface area contributed by atoms with Crippen LogP contribution in [0.3, 0.4) is 0 Å². The number of rotatable bonds is 1. The van der Waals surface area contributed by atoms with Crippen molar-refractivity contribution in [1.82, 2.24) is 0 Å². The molecule has 0 aromatic carbocycles. The second-order valence-electron chi connectivity index (χ2n) is 3.57. The van der Waals surface area contributed by atoms with Crippen LogP contribution < -0.4 is 0 Å². The zero-order chi connectivity index (χ0) is 6.81. The predicted molar refractivity (Wildman–Crippen MR) is 42.6 cm³/mol. The second kappa shape index (κ2) is 2.77. The maximum absolute atomic E-state index is 3.35. The molecule has 0 spiro atoms. The third kappa shape index (κ3) is 1.42. The summed E-state index contributed by atoms with van der Waals surface area (Å²) in [4.78, 5) is 0. The maximum Gasteiger partial charge on any atom is -0.00557 e. The van der Waals surface area contributed by atoms with E-state index in [1.54, 1.807) is 5.57 Å². The minimum atomic E-state index is 0.961. The Morgan fingerprint density at radius 3 is 2.10 bits per heavy atom. The Kier molecular flexibility index (Phi) is 1.79. The predicted octanol–water partition coefficient (Wildman–Crippen LogP) is 3.09. The standard InChI is InChI=1S/C10H15/c1-2-4-6-9(5-3-1)10-7-8-10/h9H,1-7H2. The fourth-order valence-electron chi connectivity index (χ4n) is 1.97. The molecular formula is C10H15. The Morgan fingerprint density at radius 1 is 1.00 bits per heavy atom. The van der Waals surface area contributed by atoms with Crippen LogP contribution in [0.4, 0.5) is 0 Å². The van der Waals surface area contributed by atoms with E-state index in [9.17, 15) is 0 Å². The average Bonchev–Trinajstić information content (AvgIpc) is 2.76. The molecule has 0 aromatic heterocycles. The molecule has 0 unspecified atom stereocenters. The molecule has 1 saturated carbocycles. The van der Waals surface area contributed by atoms with Gasteiger partial charge < -0.3 is 0 Å². The monoisotopic (exact) mass is 135 g/mol. The second-order valence-corrected chi connectivity index (χ2v) is 3.57. The van der Waals surface area contributed by atoms with Gasteiger partial charge in [0.25, 0.3) is 0 Å². The molecule has 0 aliphatic heterocycles. The van der Waals surface area contributed by atoms with Crippen molar-refractivity contribution >= 4 is 0 Å². The summed E-state index contributed by atoms with van der Waals surface area (Å²) in [5.74, 6) is 0.961. The SMILES string of the molecule is [C]1=C(C2CCCCCC2)C1. The van der Waals surface area contributed by atoms with Crippen LogP contribution in [-0.2, 0) is 0 Å². The van der Waals surface area contributed by atoms with E-state index < -0.39 is 0 Å². The molecule has 1 fully saturated rings. The molecule has 0 heterocycles. The summed E-state index contributed by atoms with van der Waals surface area (Å²) >= 11 is 0. The number of hydrogen-bond donors (Lipinski definition) is 0. The number of hydrogen-bond acceptors (Lipinski definition) is 0. The molecule has 0 bridgehead atoms. The summed E-state index contributed by atoms with van der Waals surface area (Å²) < 4.78 is 0. The van der Waals surface area contributed by atoms with E-state index in [4.69, 9.17) is 0 Å². The van der Waals surface area contributed by atoms with Crippen LogP contribution in [0.1, 0.15) is 44.9 Å². The van der Waals surface area contributed by atoms with E-state index in [0.717, 1.165) is 5.92 Å². The van der Waals surface area contributed by atoms with Gasteiger partial charge in [0.15, 0.2) is 0 Å².